The lowest BCUT2D eigenvalue weighted by molar-refractivity contribution is -0.128. The van der Waals surface area contributed by atoms with E-state index in [0.717, 1.165) is 22.6 Å². The summed E-state index contributed by atoms with van der Waals surface area (Å²) in [6.45, 7) is 4.57. The molecule has 2 aromatic carbocycles. The molecule has 0 saturated heterocycles. The van der Waals surface area contributed by atoms with Crippen LogP contribution in [0, 0.1) is 12.7 Å². The van der Waals surface area contributed by atoms with E-state index in [2.05, 4.69) is 5.32 Å². The van der Waals surface area contributed by atoms with Crippen LogP contribution in [0.4, 0.5) is 15.9 Å². The maximum atomic E-state index is 13.5. The van der Waals surface area contributed by atoms with Crippen molar-refractivity contribution in [3.05, 3.63) is 77.2 Å². The molecule has 1 amide bonds. The first kappa shape index (κ1) is 20.5. The molecule has 0 aliphatic carbocycles. The van der Waals surface area contributed by atoms with E-state index in [-0.39, 0.29) is 23.8 Å². The number of rotatable bonds is 4. The van der Waals surface area contributed by atoms with E-state index >= 15 is 0 Å². The second kappa shape index (κ2) is 8.14. The monoisotopic (exact) mass is 421 g/mol. The second-order valence-electron chi connectivity index (χ2n) is 7.60. The smallest absolute Gasteiger partial charge is 0.273 e. The number of aryl methyl sites for hydroxylation is 1. The Balaban J connectivity index is 1.73. The molecule has 0 atom stereocenters. The maximum Gasteiger partial charge on any atom is 0.273 e. The Labute approximate surface area is 179 Å². The van der Waals surface area contributed by atoms with Crippen molar-refractivity contribution in [3.8, 4) is 11.3 Å². The van der Waals surface area contributed by atoms with Crippen LogP contribution < -0.4 is 11.1 Å². The number of imidazole rings is 1. The minimum absolute atomic E-state index is 0.170. The zero-order chi connectivity index (χ0) is 22.1. The number of carbonyl (C=O) groups is 1. The minimum atomic E-state index is -0.425. The van der Waals surface area contributed by atoms with Gasteiger partial charge in [0.05, 0.1) is 6.54 Å². The van der Waals surface area contributed by atoms with Gasteiger partial charge in [0, 0.05) is 24.3 Å². The lowest BCUT2D eigenvalue weighted by Crippen LogP contribution is -2.41. The summed E-state index contributed by atoms with van der Waals surface area (Å²) in [5.74, 6) is 0.508. The van der Waals surface area contributed by atoms with Gasteiger partial charge in [-0.15, -0.1) is 0 Å². The number of hydrogen-bond acceptors (Lipinski definition) is 5. The van der Waals surface area contributed by atoms with Crippen LogP contribution in [-0.4, -0.2) is 32.0 Å². The third kappa shape index (κ3) is 4.09. The standard InChI is InChI=1S/C23H24FN5O2/c1-14-3-9-18(10-4-14)26-22-21(16-5-7-17(24)8-6-16)27-19-13-28(11-12-29(19)22)23(31)20(25)15(2)30/h3-10,26,30H,11-13,25H2,1-2H3/b20-15-. The van der Waals surface area contributed by atoms with Crippen molar-refractivity contribution < 1.29 is 14.3 Å². The number of aliphatic hydroxyl groups is 1. The topological polar surface area (TPSA) is 96.4 Å². The van der Waals surface area contributed by atoms with Gasteiger partial charge in [-0.2, -0.15) is 0 Å². The Morgan fingerprint density at radius 2 is 1.81 bits per heavy atom. The van der Waals surface area contributed by atoms with Crippen LogP contribution in [-0.2, 0) is 17.9 Å². The summed E-state index contributed by atoms with van der Waals surface area (Å²) in [5, 5.41) is 13.0. The first-order valence-electron chi connectivity index (χ1n) is 9.97. The number of nitrogens with zero attached hydrogens (tertiary/aromatic N) is 3. The quantitative estimate of drug-likeness (QED) is 0.439. The van der Waals surface area contributed by atoms with Gasteiger partial charge in [-0.1, -0.05) is 17.7 Å². The molecule has 0 saturated carbocycles. The molecule has 4 rings (SSSR count). The third-order valence-corrected chi connectivity index (χ3v) is 5.31. The lowest BCUT2D eigenvalue weighted by Gasteiger charge is -2.28. The number of halogens is 1. The molecular weight excluding hydrogens is 397 g/mol. The fourth-order valence-electron chi connectivity index (χ4n) is 3.54. The molecule has 1 aliphatic rings. The fourth-order valence-corrected chi connectivity index (χ4v) is 3.54. The zero-order valence-electron chi connectivity index (χ0n) is 17.4. The SMILES string of the molecule is C/C(O)=C(/N)C(=O)N1CCn2c(nc(-c3ccc(F)cc3)c2Nc2ccc(C)cc2)C1. The van der Waals surface area contributed by atoms with Crippen molar-refractivity contribution in [3.63, 3.8) is 0 Å². The Bertz CT molecular complexity index is 1150. The molecule has 0 radical (unpaired) electrons. The summed E-state index contributed by atoms with van der Waals surface area (Å²) in [6.07, 6.45) is 0. The fraction of sp³-hybridized carbons (Fsp3) is 0.217. The molecule has 4 N–H and O–H groups in total. The summed E-state index contributed by atoms with van der Waals surface area (Å²) in [4.78, 5) is 18.9. The molecule has 8 heteroatoms. The molecule has 0 fully saturated rings. The number of anilines is 2. The molecule has 3 aromatic rings. The zero-order valence-corrected chi connectivity index (χ0v) is 17.4. The highest BCUT2D eigenvalue weighted by molar-refractivity contribution is 5.93. The van der Waals surface area contributed by atoms with E-state index in [9.17, 15) is 14.3 Å². The van der Waals surface area contributed by atoms with E-state index in [0.29, 0.717) is 24.6 Å². The van der Waals surface area contributed by atoms with Gasteiger partial charge in [-0.05, 0) is 50.2 Å². The van der Waals surface area contributed by atoms with E-state index < -0.39 is 5.91 Å². The van der Waals surface area contributed by atoms with E-state index in [4.69, 9.17) is 10.7 Å². The minimum Gasteiger partial charge on any atom is -0.510 e. The molecule has 7 nitrogen and oxygen atoms in total. The van der Waals surface area contributed by atoms with Gasteiger partial charge in [0.25, 0.3) is 5.91 Å². The number of allylic oxidation sites excluding steroid dienone is 1. The van der Waals surface area contributed by atoms with Crippen LogP contribution in [0.3, 0.4) is 0 Å². The van der Waals surface area contributed by atoms with Crippen LogP contribution in [0.15, 0.2) is 60.0 Å². The van der Waals surface area contributed by atoms with Crippen molar-refractivity contribution in [1.29, 1.82) is 0 Å². The van der Waals surface area contributed by atoms with Crippen molar-refractivity contribution in [2.75, 3.05) is 11.9 Å². The van der Waals surface area contributed by atoms with E-state index in [1.54, 1.807) is 17.0 Å². The molecule has 0 unspecified atom stereocenters. The number of benzene rings is 2. The largest absolute Gasteiger partial charge is 0.510 e. The Kier molecular flexibility index (Phi) is 5.37. The van der Waals surface area contributed by atoms with Crippen molar-refractivity contribution in [2.45, 2.75) is 26.9 Å². The molecular formula is C23H24FN5O2. The maximum absolute atomic E-state index is 13.5. The number of amides is 1. The van der Waals surface area contributed by atoms with Gasteiger partial charge in [-0.3, -0.25) is 4.79 Å². The first-order chi connectivity index (χ1) is 14.8. The van der Waals surface area contributed by atoms with E-state index in [1.807, 2.05) is 35.8 Å². The number of hydrogen-bond donors (Lipinski definition) is 3. The Morgan fingerprint density at radius 3 is 2.45 bits per heavy atom. The van der Waals surface area contributed by atoms with Gasteiger partial charge in [0.15, 0.2) is 0 Å². The van der Waals surface area contributed by atoms with Crippen LogP contribution in [0.5, 0.6) is 0 Å². The van der Waals surface area contributed by atoms with E-state index in [1.165, 1.54) is 19.1 Å². The number of nitrogens with one attached hydrogen (secondary N) is 1. The van der Waals surface area contributed by atoms with Crippen molar-refractivity contribution in [2.24, 2.45) is 5.73 Å². The highest BCUT2D eigenvalue weighted by Crippen LogP contribution is 2.33. The third-order valence-electron chi connectivity index (χ3n) is 5.31. The number of nitrogens with two attached hydrogens (primary N) is 1. The van der Waals surface area contributed by atoms with Crippen molar-refractivity contribution in [1.82, 2.24) is 14.5 Å². The summed E-state index contributed by atoms with van der Waals surface area (Å²) in [6, 6.07) is 14.2. The summed E-state index contributed by atoms with van der Waals surface area (Å²) < 4.78 is 15.5. The Morgan fingerprint density at radius 1 is 1.13 bits per heavy atom. The highest BCUT2D eigenvalue weighted by Gasteiger charge is 2.28. The van der Waals surface area contributed by atoms with Crippen LogP contribution >= 0.6 is 0 Å². The molecule has 0 bridgehead atoms. The molecule has 31 heavy (non-hydrogen) atoms. The number of carbonyl (C=O) groups excluding carboxylic acids is 1. The normalized spacial score (nSPS) is 14.1. The molecule has 1 aliphatic heterocycles. The lowest BCUT2D eigenvalue weighted by atomic mass is 10.1. The second-order valence-corrected chi connectivity index (χ2v) is 7.60. The van der Waals surface area contributed by atoms with Crippen LogP contribution in [0.25, 0.3) is 11.3 Å². The molecule has 1 aromatic heterocycles. The average Bonchev–Trinajstić information content (AvgIpc) is 3.12. The Hall–Kier alpha value is -3.81. The average molecular weight is 421 g/mol. The molecule has 0 spiro atoms. The van der Waals surface area contributed by atoms with Crippen molar-refractivity contribution >= 4 is 17.4 Å². The van der Waals surface area contributed by atoms with Gasteiger partial charge in [0.2, 0.25) is 0 Å². The van der Waals surface area contributed by atoms with Crippen LogP contribution in [0.2, 0.25) is 0 Å². The predicted molar refractivity (Wildman–Crippen MR) is 117 cm³/mol. The van der Waals surface area contributed by atoms with Crippen LogP contribution in [0.1, 0.15) is 18.3 Å². The number of aliphatic hydroxyl groups excluding tert-OH is 1. The summed E-state index contributed by atoms with van der Waals surface area (Å²) in [7, 11) is 0. The predicted octanol–water partition coefficient (Wildman–Crippen LogP) is 3.83. The van der Waals surface area contributed by atoms with Gasteiger partial charge < -0.3 is 25.6 Å². The number of fused-ring (bicyclic) bond motifs is 1. The number of aromatic nitrogens is 2. The highest BCUT2D eigenvalue weighted by atomic mass is 19.1. The first-order valence-corrected chi connectivity index (χ1v) is 9.97. The van der Waals surface area contributed by atoms with Gasteiger partial charge in [0.1, 0.15) is 34.6 Å². The van der Waals surface area contributed by atoms with Gasteiger partial charge in [-0.25, -0.2) is 9.37 Å². The van der Waals surface area contributed by atoms with Gasteiger partial charge >= 0.3 is 0 Å². The molecule has 160 valence electrons. The molecule has 2 heterocycles. The summed E-state index contributed by atoms with van der Waals surface area (Å²) >= 11 is 0. The summed E-state index contributed by atoms with van der Waals surface area (Å²) in [5.41, 5.74) is 9.05.